The van der Waals surface area contributed by atoms with Crippen molar-refractivity contribution >= 4 is 5.78 Å². The van der Waals surface area contributed by atoms with E-state index in [2.05, 4.69) is 4.90 Å². The first-order valence-corrected chi connectivity index (χ1v) is 5.16. The highest BCUT2D eigenvalue weighted by atomic mass is 16.5. The molecule has 4 heteroatoms. The molecule has 1 fully saturated rings. The molecule has 1 aliphatic rings. The Labute approximate surface area is 85.2 Å². The SMILES string of the molecule is CC(=O)CN1CCCOCCOCC1. The largest absolute Gasteiger partial charge is 0.379 e. The van der Waals surface area contributed by atoms with Crippen LogP contribution in [0.2, 0.25) is 0 Å². The van der Waals surface area contributed by atoms with Gasteiger partial charge in [-0.15, -0.1) is 0 Å². The number of carbonyl (C=O) groups excluding carboxylic acids is 1. The molecule has 0 bridgehead atoms. The fraction of sp³-hybridized carbons (Fsp3) is 0.900. The van der Waals surface area contributed by atoms with Crippen LogP contribution in [-0.2, 0) is 14.3 Å². The van der Waals surface area contributed by atoms with Crippen LogP contribution in [0.4, 0.5) is 0 Å². The fourth-order valence-electron chi connectivity index (χ4n) is 1.49. The molecule has 0 radical (unpaired) electrons. The molecule has 0 aromatic heterocycles. The predicted molar refractivity (Wildman–Crippen MR) is 53.4 cm³/mol. The van der Waals surface area contributed by atoms with Gasteiger partial charge in [-0.2, -0.15) is 0 Å². The van der Waals surface area contributed by atoms with Gasteiger partial charge in [-0.1, -0.05) is 0 Å². The van der Waals surface area contributed by atoms with E-state index in [0.717, 1.165) is 26.1 Å². The normalized spacial score (nSPS) is 21.8. The van der Waals surface area contributed by atoms with Crippen LogP contribution in [0.5, 0.6) is 0 Å². The van der Waals surface area contributed by atoms with E-state index >= 15 is 0 Å². The van der Waals surface area contributed by atoms with Gasteiger partial charge in [0.2, 0.25) is 0 Å². The molecular weight excluding hydrogens is 182 g/mol. The lowest BCUT2D eigenvalue weighted by Gasteiger charge is -2.22. The van der Waals surface area contributed by atoms with E-state index in [0.29, 0.717) is 26.4 Å². The molecule has 1 rings (SSSR count). The lowest BCUT2D eigenvalue weighted by atomic mass is 10.3. The van der Waals surface area contributed by atoms with E-state index in [-0.39, 0.29) is 5.78 Å². The molecule has 1 heterocycles. The summed E-state index contributed by atoms with van der Waals surface area (Å²) in [6.07, 6.45) is 0.993. The number of nitrogens with zero attached hydrogens (tertiary/aromatic N) is 1. The molecule has 4 nitrogen and oxygen atoms in total. The minimum absolute atomic E-state index is 0.211. The summed E-state index contributed by atoms with van der Waals surface area (Å²) in [5, 5.41) is 0. The first kappa shape index (κ1) is 11.6. The fourth-order valence-corrected chi connectivity index (χ4v) is 1.49. The first-order chi connectivity index (χ1) is 6.79. The Hall–Kier alpha value is -0.450. The average Bonchev–Trinajstić information content (AvgIpc) is 2.15. The van der Waals surface area contributed by atoms with E-state index in [1.54, 1.807) is 6.92 Å². The van der Waals surface area contributed by atoms with Gasteiger partial charge in [-0.05, 0) is 13.3 Å². The standard InChI is InChI=1S/C10H19NO3/c1-10(12)9-11-3-2-5-13-7-8-14-6-4-11/h2-9H2,1H3. The quantitative estimate of drug-likeness (QED) is 0.644. The molecule has 82 valence electrons. The zero-order chi connectivity index (χ0) is 10.2. The van der Waals surface area contributed by atoms with Crippen LogP contribution in [0.15, 0.2) is 0 Å². The summed E-state index contributed by atoms with van der Waals surface area (Å²) in [5.74, 6) is 0.211. The maximum absolute atomic E-state index is 11.0. The molecule has 0 atom stereocenters. The van der Waals surface area contributed by atoms with Crippen molar-refractivity contribution in [3.8, 4) is 0 Å². The second-order valence-electron chi connectivity index (χ2n) is 3.56. The Balaban J connectivity index is 2.26. The van der Waals surface area contributed by atoms with Crippen LogP contribution in [0.3, 0.4) is 0 Å². The molecule has 0 aromatic carbocycles. The number of ketones is 1. The lowest BCUT2D eigenvalue weighted by Crippen LogP contribution is -2.34. The molecule has 0 unspecified atom stereocenters. The number of rotatable bonds is 2. The summed E-state index contributed by atoms with van der Waals surface area (Å²) in [6, 6.07) is 0. The molecular formula is C10H19NO3. The van der Waals surface area contributed by atoms with E-state index in [1.807, 2.05) is 0 Å². The van der Waals surface area contributed by atoms with Crippen molar-refractivity contribution in [3.05, 3.63) is 0 Å². The summed E-state index contributed by atoms with van der Waals surface area (Å²) >= 11 is 0. The molecule has 0 amide bonds. The van der Waals surface area contributed by atoms with Crippen molar-refractivity contribution in [2.75, 3.05) is 46.1 Å². The van der Waals surface area contributed by atoms with Crippen LogP contribution in [-0.4, -0.2) is 56.7 Å². The summed E-state index contributed by atoms with van der Waals surface area (Å²) in [7, 11) is 0. The van der Waals surface area contributed by atoms with E-state index in [9.17, 15) is 4.79 Å². The van der Waals surface area contributed by atoms with Crippen molar-refractivity contribution in [2.45, 2.75) is 13.3 Å². The van der Waals surface area contributed by atoms with Gasteiger partial charge in [0.1, 0.15) is 5.78 Å². The Morgan fingerprint density at radius 3 is 2.57 bits per heavy atom. The number of carbonyl (C=O) groups is 1. The van der Waals surface area contributed by atoms with Crippen molar-refractivity contribution in [1.82, 2.24) is 4.90 Å². The van der Waals surface area contributed by atoms with Gasteiger partial charge < -0.3 is 9.47 Å². The molecule has 0 aliphatic carbocycles. The third-order valence-electron chi connectivity index (χ3n) is 2.13. The molecule has 0 N–H and O–H groups in total. The van der Waals surface area contributed by atoms with Gasteiger partial charge in [0.25, 0.3) is 0 Å². The van der Waals surface area contributed by atoms with Gasteiger partial charge in [-0.3, -0.25) is 9.69 Å². The van der Waals surface area contributed by atoms with Crippen LogP contribution in [0.1, 0.15) is 13.3 Å². The number of hydrogen-bond acceptors (Lipinski definition) is 4. The Bertz CT molecular complexity index is 163. The number of ether oxygens (including phenoxy) is 2. The molecule has 14 heavy (non-hydrogen) atoms. The highest BCUT2D eigenvalue weighted by Gasteiger charge is 2.08. The molecule has 1 aliphatic heterocycles. The van der Waals surface area contributed by atoms with Gasteiger partial charge in [0, 0.05) is 19.7 Å². The molecule has 0 saturated carbocycles. The smallest absolute Gasteiger partial charge is 0.143 e. The zero-order valence-electron chi connectivity index (χ0n) is 8.83. The second-order valence-corrected chi connectivity index (χ2v) is 3.56. The van der Waals surface area contributed by atoms with E-state index < -0.39 is 0 Å². The third kappa shape index (κ3) is 5.32. The van der Waals surface area contributed by atoms with E-state index in [4.69, 9.17) is 9.47 Å². The zero-order valence-corrected chi connectivity index (χ0v) is 8.83. The number of Topliss-reactive ketones (excluding diaryl/α,β-unsaturated/α-hetero) is 1. The van der Waals surface area contributed by atoms with E-state index in [1.165, 1.54) is 0 Å². The molecule has 0 spiro atoms. The minimum Gasteiger partial charge on any atom is -0.379 e. The Kier molecular flexibility index (Phi) is 5.75. The Morgan fingerprint density at radius 1 is 1.14 bits per heavy atom. The van der Waals surface area contributed by atoms with Crippen LogP contribution >= 0.6 is 0 Å². The maximum atomic E-state index is 11.0. The number of hydrogen-bond donors (Lipinski definition) is 0. The van der Waals surface area contributed by atoms with Gasteiger partial charge in [-0.25, -0.2) is 0 Å². The lowest BCUT2D eigenvalue weighted by molar-refractivity contribution is -0.118. The summed E-state index contributed by atoms with van der Waals surface area (Å²) in [5.41, 5.74) is 0. The van der Waals surface area contributed by atoms with Crippen molar-refractivity contribution in [1.29, 1.82) is 0 Å². The van der Waals surface area contributed by atoms with Gasteiger partial charge in [0.05, 0.1) is 26.4 Å². The monoisotopic (exact) mass is 201 g/mol. The second kappa shape index (κ2) is 6.92. The molecule has 1 saturated heterocycles. The Morgan fingerprint density at radius 2 is 1.86 bits per heavy atom. The average molecular weight is 201 g/mol. The van der Waals surface area contributed by atoms with Crippen molar-refractivity contribution in [3.63, 3.8) is 0 Å². The summed E-state index contributed by atoms with van der Waals surface area (Å²) in [6.45, 7) is 6.72. The van der Waals surface area contributed by atoms with Crippen molar-refractivity contribution < 1.29 is 14.3 Å². The first-order valence-electron chi connectivity index (χ1n) is 5.16. The minimum atomic E-state index is 0.211. The summed E-state index contributed by atoms with van der Waals surface area (Å²) < 4.78 is 10.7. The summed E-state index contributed by atoms with van der Waals surface area (Å²) in [4.78, 5) is 13.1. The highest BCUT2D eigenvalue weighted by Crippen LogP contribution is 1.96. The van der Waals surface area contributed by atoms with Gasteiger partial charge >= 0.3 is 0 Å². The molecule has 0 aromatic rings. The predicted octanol–water partition coefficient (Wildman–Crippen LogP) is 0.314. The third-order valence-corrected chi connectivity index (χ3v) is 2.13. The highest BCUT2D eigenvalue weighted by molar-refractivity contribution is 5.77. The topological polar surface area (TPSA) is 38.8 Å². The van der Waals surface area contributed by atoms with Gasteiger partial charge in [0.15, 0.2) is 0 Å². The van der Waals surface area contributed by atoms with Crippen LogP contribution in [0.25, 0.3) is 0 Å². The van der Waals surface area contributed by atoms with Crippen LogP contribution in [0, 0.1) is 0 Å². The maximum Gasteiger partial charge on any atom is 0.143 e. The van der Waals surface area contributed by atoms with Crippen LogP contribution < -0.4 is 0 Å². The van der Waals surface area contributed by atoms with Crippen molar-refractivity contribution in [2.24, 2.45) is 0 Å².